The number of rotatable bonds is 7. The third-order valence-electron chi connectivity index (χ3n) is 8.16. The van der Waals surface area contributed by atoms with Crippen LogP contribution in [0.4, 0.5) is 0 Å². The number of hydrogen-bond acceptors (Lipinski definition) is 3. The Morgan fingerprint density at radius 2 is 1.59 bits per heavy atom. The van der Waals surface area contributed by atoms with Gasteiger partial charge in [0.1, 0.15) is 6.79 Å². The standard InChI is InChI=1S/C23H44O3Si/c1-21(2,24)22-12-8-9-13-23(22,26-18-25-14-15-27(3,4)5)17-20-11-7-6-10-19(20)16-22/h19-20,24H,6-18H2,1-5H3. The van der Waals surface area contributed by atoms with Crippen LogP contribution in [0.2, 0.25) is 25.7 Å². The Kier molecular flexibility index (Phi) is 6.52. The van der Waals surface area contributed by atoms with Gasteiger partial charge in [-0.2, -0.15) is 0 Å². The molecule has 27 heavy (non-hydrogen) atoms. The topological polar surface area (TPSA) is 38.7 Å². The van der Waals surface area contributed by atoms with Gasteiger partial charge in [0.2, 0.25) is 0 Å². The van der Waals surface area contributed by atoms with Crippen LogP contribution in [-0.4, -0.2) is 37.8 Å². The van der Waals surface area contributed by atoms with Crippen molar-refractivity contribution in [2.24, 2.45) is 17.3 Å². The van der Waals surface area contributed by atoms with Gasteiger partial charge in [0, 0.05) is 20.1 Å². The van der Waals surface area contributed by atoms with E-state index in [1.165, 1.54) is 44.6 Å². The molecule has 0 amide bonds. The van der Waals surface area contributed by atoms with E-state index in [1.54, 1.807) is 0 Å². The van der Waals surface area contributed by atoms with Crippen LogP contribution in [0.25, 0.3) is 0 Å². The number of fused-ring (bicyclic) bond motifs is 2. The molecule has 158 valence electrons. The molecule has 4 unspecified atom stereocenters. The molecular formula is C23H44O3Si. The average Bonchev–Trinajstić information content (AvgIpc) is 2.57. The highest BCUT2D eigenvalue weighted by molar-refractivity contribution is 6.76. The molecule has 3 aliphatic carbocycles. The lowest BCUT2D eigenvalue weighted by molar-refractivity contribution is -0.287. The van der Waals surface area contributed by atoms with Crippen molar-refractivity contribution in [1.29, 1.82) is 0 Å². The molecule has 3 saturated carbocycles. The largest absolute Gasteiger partial charge is 0.390 e. The highest BCUT2D eigenvalue weighted by atomic mass is 28.3. The Bertz CT molecular complexity index is 495. The fourth-order valence-electron chi connectivity index (χ4n) is 6.56. The summed E-state index contributed by atoms with van der Waals surface area (Å²) in [5.41, 5.74) is -1.01. The second kappa shape index (κ2) is 8.08. The zero-order valence-electron chi connectivity index (χ0n) is 18.6. The Balaban J connectivity index is 1.76. The maximum atomic E-state index is 11.4. The van der Waals surface area contributed by atoms with Gasteiger partial charge >= 0.3 is 0 Å². The first-order chi connectivity index (χ1) is 12.6. The van der Waals surface area contributed by atoms with Gasteiger partial charge in [0.05, 0.1) is 11.2 Å². The Labute approximate surface area is 168 Å². The van der Waals surface area contributed by atoms with E-state index in [0.29, 0.717) is 6.79 Å². The summed E-state index contributed by atoms with van der Waals surface area (Å²) in [5.74, 6) is 1.57. The number of aliphatic hydroxyl groups is 1. The van der Waals surface area contributed by atoms with E-state index in [0.717, 1.165) is 44.1 Å². The van der Waals surface area contributed by atoms with Crippen molar-refractivity contribution in [3.63, 3.8) is 0 Å². The Hall–Kier alpha value is 0.0969. The van der Waals surface area contributed by atoms with Gasteiger partial charge in [-0.1, -0.05) is 58.2 Å². The van der Waals surface area contributed by atoms with Crippen molar-refractivity contribution >= 4 is 8.07 Å². The molecule has 0 heterocycles. The minimum absolute atomic E-state index is 0.112. The van der Waals surface area contributed by atoms with E-state index >= 15 is 0 Å². The van der Waals surface area contributed by atoms with Crippen LogP contribution in [0, 0.1) is 17.3 Å². The van der Waals surface area contributed by atoms with E-state index in [9.17, 15) is 5.11 Å². The quantitative estimate of drug-likeness (QED) is 0.326. The van der Waals surface area contributed by atoms with Gasteiger partial charge in [0.15, 0.2) is 0 Å². The van der Waals surface area contributed by atoms with Crippen LogP contribution < -0.4 is 0 Å². The molecule has 4 heteroatoms. The molecule has 3 aliphatic rings. The van der Waals surface area contributed by atoms with E-state index < -0.39 is 13.7 Å². The third-order valence-corrected chi connectivity index (χ3v) is 9.87. The molecule has 4 atom stereocenters. The predicted octanol–water partition coefficient (Wildman–Crippen LogP) is 5.99. The molecule has 3 nitrogen and oxygen atoms in total. The van der Waals surface area contributed by atoms with Crippen LogP contribution in [-0.2, 0) is 9.47 Å². The van der Waals surface area contributed by atoms with Gasteiger partial charge in [-0.05, 0) is 57.4 Å². The first-order valence-corrected chi connectivity index (χ1v) is 15.2. The Morgan fingerprint density at radius 3 is 2.22 bits per heavy atom. The smallest absolute Gasteiger partial charge is 0.147 e. The second-order valence-corrected chi connectivity index (χ2v) is 17.2. The molecule has 0 aromatic carbocycles. The van der Waals surface area contributed by atoms with Gasteiger partial charge in [-0.25, -0.2) is 0 Å². The normalized spacial score (nSPS) is 37.6. The summed E-state index contributed by atoms with van der Waals surface area (Å²) in [5, 5.41) is 11.4. The molecule has 0 aliphatic heterocycles. The lowest BCUT2D eigenvalue weighted by Crippen LogP contribution is -2.66. The summed E-state index contributed by atoms with van der Waals surface area (Å²) in [6.07, 6.45) is 12.4. The third kappa shape index (κ3) is 4.49. The zero-order chi connectivity index (χ0) is 19.8. The molecule has 0 spiro atoms. The van der Waals surface area contributed by atoms with Crippen LogP contribution in [0.1, 0.15) is 78.1 Å². The van der Waals surface area contributed by atoms with Crippen LogP contribution in [0.15, 0.2) is 0 Å². The highest BCUT2D eigenvalue weighted by Crippen LogP contribution is 2.64. The maximum absolute atomic E-state index is 11.4. The number of hydrogen-bond donors (Lipinski definition) is 1. The molecule has 0 aromatic rings. The highest BCUT2D eigenvalue weighted by Gasteiger charge is 2.64. The van der Waals surface area contributed by atoms with Crippen molar-refractivity contribution in [1.82, 2.24) is 0 Å². The number of ether oxygens (including phenoxy) is 2. The van der Waals surface area contributed by atoms with E-state index in [2.05, 4.69) is 19.6 Å². The monoisotopic (exact) mass is 396 g/mol. The van der Waals surface area contributed by atoms with Crippen molar-refractivity contribution in [3.05, 3.63) is 0 Å². The van der Waals surface area contributed by atoms with Crippen molar-refractivity contribution in [3.8, 4) is 0 Å². The molecule has 3 fully saturated rings. The first-order valence-electron chi connectivity index (χ1n) is 11.5. The first kappa shape index (κ1) is 21.8. The summed E-state index contributed by atoms with van der Waals surface area (Å²) in [4.78, 5) is 0. The molecule has 0 bridgehead atoms. The SMILES string of the molecule is CC(C)(O)C12CCCCC1(OCOCC[Si](C)(C)C)CC1CCCCC1C2. The van der Waals surface area contributed by atoms with Gasteiger partial charge in [-0.15, -0.1) is 0 Å². The molecule has 0 aromatic heterocycles. The van der Waals surface area contributed by atoms with Crippen molar-refractivity contribution < 1.29 is 14.6 Å². The maximum Gasteiger partial charge on any atom is 0.147 e. The molecule has 3 rings (SSSR count). The van der Waals surface area contributed by atoms with Gasteiger partial charge in [-0.3, -0.25) is 0 Å². The van der Waals surface area contributed by atoms with Crippen LogP contribution in [0.3, 0.4) is 0 Å². The fraction of sp³-hybridized carbons (Fsp3) is 1.00. The fourth-order valence-corrected chi connectivity index (χ4v) is 7.31. The molecule has 0 saturated heterocycles. The van der Waals surface area contributed by atoms with Gasteiger partial charge < -0.3 is 14.6 Å². The summed E-state index contributed by atoms with van der Waals surface area (Å²) in [6, 6.07) is 1.19. The molecule has 1 N–H and O–H groups in total. The minimum Gasteiger partial charge on any atom is -0.390 e. The van der Waals surface area contributed by atoms with Crippen LogP contribution >= 0.6 is 0 Å². The lowest BCUT2D eigenvalue weighted by Gasteiger charge is -2.64. The summed E-state index contributed by atoms with van der Waals surface area (Å²) >= 11 is 0. The second-order valence-electron chi connectivity index (χ2n) is 11.5. The van der Waals surface area contributed by atoms with Crippen molar-refractivity contribution in [2.45, 2.75) is 115 Å². The Morgan fingerprint density at radius 1 is 0.963 bits per heavy atom. The van der Waals surface area contributed by atoms with E-state index in [1.807, 2.05) is 13.8 Å². The molecule has 0 radical (unpaired) electrons. The summed E-state index contributed by atoms with van der Waals surface area (Å²) in [6.45, 7) is 12.5. The molecular weight excluding hydrogens is 352 g/mol. The predicted molar refractivity (Wildman–Crippen MR) is 115 cm³/mol. The minimum atomic E-state index is -1.07. The summed E-state index contributed by atoms with van der Waals surface area (Å²) < 4.78 is 12.7. The van der Waals surface area contributed by atoms with Gasteiger partial charge in [0.25, 0.3) is 0 Å². The lowest BCUT2D eigenvalue weighted by atomic mass is 9.45. The van der Waals surface area contributed by atoms with Crippen LogP contribution in [0.5, 0.6) is 0 Å². The zero-order valence-corrected chi connectivity index (χ0v) is 19.6. The van der Waals surface area contributed by atoms with E-state index in [4.69, 9.17) is 9.47 Å². The summed E-state index contributed by atoms with van der Waals surface area (Å²) in [7, 11) is -1.07. The van der Waals surface area contributed by atoms with E-state index in [-0.39, 0.29) is 11.0 Å². The van der Waals surface area contributed by atoms with Crippen molar-refractivity contribution in [2.75, 3.05) is 13.4 Å². The average molecular weight is 397 g/mol.